The number of halogens is 2. The lowest BCUT2D eigenvalue weighted by Gasteiger charge is -2.32. The highest BCUT2D eigenvalue weighted by molar-refractivity contribution is 5.96. The van der Waals surface area contributed by atoms with Crippen molar-refractivity contribution in [3.05, 3.63) is 72.2 Å². The van der Waals surface area contributed by atoms with Crippen LogP contribution >= 0.6 is 0 Å². The molecular formula is C28H30F2N6O2. The Bertz CT molecular complexity index is 1410. The fourth-order valence-corrected chi connectivity index (χ4v) is 4.88. The molecule has 0 spiro atoms. The number of nitrogens with zero attached hydrogens (tertiary/aromatic N) is 4. The van der Waals surface area contributed by atoms with Crippen LogP contribution in [0.4, 0.5) is 20.3 Å². The van der Waals surface area contributed by atoms with Crippen LogP contribution in [-0.4, -0.2) is 51.4 Å². The van der Waals surface area contributed by atoms with Crippen LogP contribution in [0.5, 0.6) is 5.75 Å². The second-order valence-electron chi connectivity index (χ2n) is 9.34. The van der Waals surface area contributed by atoms with E-state index in [9.17, 15) is 13.6 Å². The van der Waals surface area contributed by atoms with Crippen molar-refractivity contribution >= 4 is 23.1 Å². The molecule has 1 aliphatic heterocycles. The standard InChI is InChI=1S/C28H30F2N6O2/c1-2-19-15-21(5-8-23(19)27(37)35-12-9-18(16-31)10-13-35)34-25-26-33-17-24(36(26)14-11-32-25)20-3-6-22(7-4-20)38-28(29)30/h3-8,11,14-15,17-18,28H,2,9-10,12-13,16,31H2,1H3,(H,32,34). The molecule has 3 N–H and O–H groups in total. The van der Waals surface area contributed by atoms with Crippen molar-refractivity contribution < 1.29 is 18.3 Å². The Labute approximate surface area is 219 Å². The Hall–Kier alpha value is -4.05. The molecule has 2 aromatic carbocycles. The van der Waals surface area contributed by atoms with E-state index in [1.54, 1.807) is 30.7 Å². The number of aromatic nitrogens is 3. The van der Waals surface area contributed by atoms with Gasteiger partial charge in [0.25, 0.3) is 5.91 Å². The Balaban J connectivity index is 1.36. The Kier molecular flexibility index (Phi) is 7.50. The van der Waals surface area contributed by atoms with E-state index in [4.69, 9.17) is 5.73 Å². The van der Waals surface area contributed by atoms with Crippen LogP contribution in [0.25, 0.3) is 16.9 Å². The van der Waals surface area contributed by atoms with Crippen molar-refractivity contribution in [3.63, 3.8) is 0 Å². The summed E-state index contributed by atoms with van der Waals surface area (Å²) in [6.07, 6.45) is 7.76. The number of likely N-dealkylation sites (tertiary alicyclic amines) is 1. The number of hydrogen-bond donors (Lipinski definition) is 2. The van der Waals surface area contributed by atoms with Gasteiger partial charge in [0, 0.05) is 42.3 Å². The van der Waals surface area contributed by atoms with E-state index >= 15 is 0 Å². The molecule has 0 aliphatic carbocycles. The predicted molar refractivity (Wildman–Crippen MR) is 142 cm³/mol. The van der Waals surface area contributed by atoms with Gasteiger partial charge in [0.2, 0.25) is 0 Å². The van der Waals surface area contributed by atoms with E-state index in [1.807, 2.05) is 34.4 Å². The van der Waals surface area contributed by atoms with Crippen molar-refractivity contribution in [3.8, 4) is 17.0 Å². The molecule has 1 aliphatic rings. The summed E-state index contributed by atoms with van der Waals surface area (Å²) >= 11 is 0. The second kappa shape index (κ2) is 11.1. The van der Waals surface area contributed by atoms with Gasteiger partial charge >= 0.3 is 6.61 Å². The topological polar surface area (TPSA) is 97.8 Å². The van der Waals surface area contributed by atoms with Crippen LogP contribution in [-0.2, 0) is 6.42 Å². The molecule has 198 valence electrons. The average Bonchev–Trinajstić information content (AvgIpc) is 3.38. The maximum Gasteiger partial charge on any atom is 0.387 e. The van der Waals surface area contributed by atoms with Crippen LogP contribution in [0.1, 0.15) is 35.7 Å². The van der Waals surface area contributed by atoms with Gasteiger partial charge < -0.3 is 20.7 Å². The number of anilines is 2. The maximum atomic E-state index is 13.2. The van der Waals surface area contributed by atoms with Crippen LogP contribution < -0.4 is 15.8 Å². The van der Waals surface area contributed by atoms with Gasteiger partial charge in [0.15, 0.2) is 11.5 Å². The number of ether oxygens (including phenoxy) is 1. The molecule has 0 radical (unpaired) electrons. The smallest absolute Gasteiger partial charge is 0.387 e. The molecule has 0 saturated carbocycles. The zero-order valence-corrected chi connectivity index (χ0v) is 21.1. The Morgan fingerprint density at radius 1 is 1.16 bits per heavy atom. The Morgan fingerprint density at radius 3 is 2.61 bits per heavy atom. The third-order valence-electron chi connectivity index (χ3n) is 7.02. The van der Waals surface area contributed by atoms with E-state index in [2.05, 4.69) is 20.0 Å². The van der Waals surface area contributed by atoms with Crippen molar-refractivity contribution in [2.45, 2.75) is 32.8 Å². The maximum absolute atomic E-state index is 13.2. The fourth-order valence-electron chi connectivity index (χ4n) is 4.88. The zero-order valence-electron chi connectivity index (χ0n) is 21.1. The van der Waals surface area contributed by atoms with Crippen molar-refractivity contribution in [2.75, 3.05) is 25.0 Å². The molecule has 3 heterocycles. The molecule has 0 bridgehead atoms. The number of carbonyl (C=O) groups is 1. The second-order valence-corrected chi connectivity index (χ2v) is 9.34. The molecule has 0 unspecified atom stereocenters. The quantitative estimate of drug-likeness (QED) is 0.335. The largest absolute Gasteiger partial charge is 0.435 e. The number of nitrogens with two attached hydrogens (primary N) is 1. The van der Waals surface area contributed by atoms with Gasteiger partial charge in [0.1, 0.15) is 5.75 Å². The zero-order chi connectivity index (χ0) is 26.6. The summed E-state index contributed by atoms with van der Waals surface area (Å²) in [6, 6.07) is 12.1. The number of piperidine rings is 1. The first kappa shape index (κ1) is 25.6. The van der Waals surface area contributed by atoms with Crippen molar-refractivity contribution in [2.24, 2.45) is 11.7 Å². The predicted octanol–water partition coefficient (Wildman–Crippen LogP) is 5.11. The fraction of sp³-hybridized carbons (Fsp3) is 0.321. The van der Waals surface area contributed by atoms with E-state index < -0.39 is 6.61 Å². The monoisotopic (exact) mass is 520 g/mol. The number of benzene rings is 2. The summed E-state index contributed by atoms with van der Waals surface area (Å²) in [5.74, 6) is 1.21. The molecule has 1 fully saturated rings. The first-order valence-corrected chi connectivity index (χ1v) is 12.7. The minimum atomic E-state index is -2.87. The number of hydrogen-bond acceptors (Lipinski definition) is 6. The van der Waals surface area contributed by atoms with Gasteiger partial charge in [-0.3, -0.25) is 9.20 Å². The minimum absolute atomic E-state index is 0.0620. The molecule has 2 aromatic heterocycles. The summed E-state index contributed by atoms with van der Waals surface area (Å²) in [5, 5.41) is 3.34. The number of imidazole rings is 1. The summed E-state index contributed by atoms with van der Waals surface area (Å²) in [7, 11) is 0. The lowest BCUT2D eigenvalue weighted by Crippen LogP contribution is -2.40. The van der Waals surface area contributed by atoms with E-state index in [0.29, 0.717) is 30.3 Å². The molecule has 10 heteroatoms. The first-order chi connectivity index (χ1) is 18.5. The highest BCUT2D eigenvalue weighted by Crippen LogP contribution is 2.28. The first-order valence-electron chi connectivity index (χ1n) is 12.7. The lowest BCUT2D eigenvalue weighted by atomic mass is 9.95. The van der Waals surface area contributed by atoms with E-state index in [0.717, 1.165) is 54.0 Å². The lowest BCUT2D eigenvalue weighted by molar-refractivity contribution is -0.0498. The normalized spacial score (nSPS) is 14.3. The number of nitrogens with one attached hydrogen (secondary N) is 1. The minimum Gasteiger partial charge on any atom is -0.435 e. The number of carbonyl (C=O) groups excluding carboxylic acids is 1. The molecule has 38 heavy (non-hydrogen) atoms. The van der Waals surface area contributed by atoms with Gasteiger partial charge in [-0.05, 0) is 79.8 Å². The highest BCUT2D eigenvalue weighted by Gasteiger charge is 2.24. The van der Waals surface area contributed by atoms with E-state index in [-0.39, 0.29) is 11.7 Å². The molecule has 1 saturated heterocycles. The number of fused-ring (bicyclic) bond motifs is 1. The summed E-state index contributed by atoms with van der Waals surface area (Å²) in [6.45, 7) is 1.31. The number of alkyl halides is 2. The number of amides is 1. The number of rotatable bonds is 8. The molecule has 4 aromatic rings. The van der Waals surface area contributed by atoms with E-state index in [1.165, 1.54) is 12.1 Å². The molecule has 0 atom stereocenters. The third-order valence-corrected chi connectivity index (χ3v) is 7.02. The highest BCUT2D eigenvalue weighted by atomic mass is 19.3. The van der Waals surface area contributed by atoms with Crippen LogP contribution in [0, 0.1) is 5.92 Å². The molecular weight excluding hydrogens is 490 g/mol. The van der Waals surface area contributed by atoms with Gasteiger partial charge in [-0.15, -0.1) is 0 Å². The van der Waals surface area contributed by atoms with Crippen LogP contribution in [0.15, 0.2) is 61.1 Å². The SMILES string of the molecule is CCc1cc(Nc2nccn3c(-c4ccc(OC(F)F)cc4)cnc23)ccc1C(=O)N1CCC(CN)CC1. The summed E-state index contributed by atoms with van der Waals surface area (Å²) < 4.78 is 31.3. The van der Waals surface area contributed by atoms with Crippen LogP contribution in [0.3, 0.4) is 0 Å². The van der Waals surface area contributed by atoms with Gasteiger partial charge in [0.05, 0.1) is 11.9 Å². The summed E-state index contributed by atoms with van der Waals surface area (Å²) in [5.41, 5.74) is 10.5. The number of aryl methyl sites for hydroxylation is 1. The third kappa shape index (κ3) is 5.31. The van der Waals surface area contributed by atoms with Crippen molar-refractivity contribution in [1.29, 1.82) is 0 Å². The Morgan fingerprint density at radius 2 is 1.92 bits per heavy atom. The van der Waals surface area contributed by atoms with Gasteiger partial charge in [-0.25, -0.2) is 9.97 Å². The average molecular weight is 521 g/mol. The van der Waals surface area contributed by atoms with Gasteiger partial charge in [-0.1, -0.05) is 6.92 Å². The molecule has 8 nitrogen and oxygen atoms in total. The molecule has 5 rings (SSSR count). The summed E-state index contributed by atoms with van der Waals surface area (Å²) in [4.78, 5) is 24.2. The van der Waals surface area contributed by atoms with Gasteiger partial charge in [-0.2, -0.15) is 8.78 Å². The molecule has 1 amide bonds. The van der Waals surface area contributed by atoms with Crippen LogP contribution in [0.2, 0.25) is 0 Å². The van der Waals surface area contributed by atoms with Crippen molar-refractivity contribution in [1.82, 2.24) is 19.3 Å².